The van der Waals surface area contributed by atoms with Gasteiger partial charge in [-0.25, -0.2) is 0 Å². The van der Waals surface area contributed by atoms with E-state index in [-0.39, 0.29) is 11.6 Å². The molecule has 0 aliphatic rings. The molecule has 0 aliphatic heterocycles. The van der Waals surface area contributed by atoms with Gasteiger partial charge in [0, 0.05) is 25.3 Å². The largest absolute Gasteiger partial charge is 0.319 e. The van der Waals surface area contributed by atoms with Crippen LogP contribution in [0.25, 0.3) is 16.3 Å². The maximum Gasteiger partial charge on any atom is 0.272 e. The Hall–Kier alpha value is -3.06. The predicted octanol–water partition coefficient (Wildman–Crippen LogP) is 3.91. The number of thiazole rings is 1. The van der Waals surface area contributed by atoms with Crippen LogP contribution in [0.15, 0.2) is 47.5 Å². The Balaban J connectivity index is 1.90. The summed E-state index contributed by atoms with van der Waals surface area (Å²) >= 11 is 1.49. The third kappa shape index (κ3) is 3.48. The van der Waals surface area contributed by atoms with Gasteiger partial charge in [-0.2, -0.15) is 4.99 Å². The van der Waals surface area contributed by atoms with Crippen LogP contribution in [0, 0.1) is 24.0 Å². The number of hydrogen-bond donors (Lipinski definition) is 0. The zero-order valence-electron chi connectivity index (χ0n) is 14.6. The molecule has 26 heavy (non-hydrogen) atoms. The fraction of sp³-hybridized carbons (Fsp3) is 0.158. The van der Waals surface area contributed by atoms with Crippen LogP contribution >= 0.6 is 11.3 Å². The van der Waals surface area contributed by atoms with Crippen molar-refractivity contribution in [1.29, 1.82) is 0 Å². The first-order valence-corrected chi connectivity index (χ1v) is 8.75. The fourth-order valence-electron chi connectivity index (χ4n) is 2.68. The third-order valence-electron chi connectivity index (χ3n) is 4.07. The number of benzene rings is 2. The molecular formula is C19H17N3O3S. The van der Waals surface area contributed by atoms with Gasteiger partial charge < -0.3 is 4.57 Å². The fourth-order valence-corrected chi connectivity index (χ4v) is 3.85. The van der Waals surface area contributed by atoms with E-state index in [4.69, 9.17) is 0 Å². The summed E-state index contributed by atoms with van der Waals surface area (Å²) in [6.07, 6.45) is 2.96. The molecule has 1 amide bonds. The molecule has 6 nitrogen and oxygen atoms in total. The van der Waals surface area contributed by atoms with E-state index in [1.807, 2.05) is 25.5 Å². The van der Waals surface area contributed by atoms with Gasteiger partial charge in [-0.1, -0.05) is 23.5 Å². The van der Waals surface area contributed by atoms with Crippen LogP contribution in [0.2, 0.25) is 0 Å². The SMILES string of the molecule is Cc1ccc(C)c2c1sc(=NC(=O)/C=C\c1ccc([N+](=O)[O-])cc1)n2C. The minimum Gasteiger partial charge on any atom is -0.319 e. The third-order valence-corrected chi connectivity index (χ3v) is 5.34. The van der Waals surface area contributed by atoms with E-state index in [1.54, 1.807) is 18.2 Å². The Labute approximate surface area is 153 Å². The van der Waals surface area contributed by atoms with Crippen molar-refractivity contribution in [3.63, 3.8) is 0 Å². The Kier molecular flexibility index (Phi) is 4.81. The lowest BCUT2D eigenvalue weighted by molar-refractivity contribution is -0.384. The molecule has 0 aliphatic carbocycles. The number of aryl methyl sites for hydroxylation is 3. The minimum absolute atomic E-state index is 0.0150. The molecule has 0 unspecified atom stereocenters. The number of fused-ring (bicyclic) bond motifs is 1. The van der Waals surface area contributed by atoms with E-state index in [0.717, 1.165) is 21.3 Å². The number of hydrogen-bond acceptors (Lipinski definition) is 4. The predicted molar refractivity (Wildman–Crippen MR) is 103 cm³/mol. The van der Waals surface area contributed by atoms with Crippen molar-refractivity contribution >= 4 is 39.2 Å². The average molecular weight is 367 g/mol. The maximum absolute atomic E-state index is 12.2. The first kappa shape index (κ1) is 17.8. The number of nitro benzene ring substituents is 1. The number of non-ortho nitro benzene ring substituents is 1. The molecule has 7 heteroatoms. The first-order valence-electron chi connectivity index (χ1n) is 7.94. The van der Waals surface area contributed by atoms with Crippen LogP contribution in [0.5, 0.6) is 0 Å². The normalized spacial score (nSPS) is 12.2. The second-order valence-electron chi connectivity index (χ2n) is 5.95. The van der Waals surface area contributed by atoms with Crippen LogP contribution in [-0.2, 0) is 11.8 Å². The van der Waals surface area contributed by atoms with Gasteiger partial charge in [0.25, 0.3) is 11.6 Å². The zero-order valence-corrected chi connectivity index (χ0v) is 15.4. The quantitative estimate of drug-likeness (QED) is 0.400. The molecule has 3 rings (SSSR count). The number of rotatable bonds is 3. The highest BCUT2D eigenvalue weighted by Crippen LogP contribution is 2.24. The molecule has 0 atom stereocenters. The number of carbonyl (C=O) groups is 1. The molecule has 2 aromatic carbocycles. The molecular weight excluding hydrogens is 350 g/mol. The highest BCUT2D eigenvalue weighted by Gasteiger charge is 2.09. The molecule has 0 N–H and O–H groups in total. The smallest absolute Gasteiger partial charge is 0.272 e. The summed E-state index contributed by atoms with van der Waals surface area (Å²) in [5.41, 5.74) is 4.09. The van der Waals surface area contributed by atoms with Crippen molar-refractivity contribution < 1.29 is 9.72 Å². The van der Waals surface area contributed by atoms with Gasteiger partial charge in [0.1, 0.15) is 0 Å². The lowest BCUT2D eigenvalue weighted by Gasteiger charge is -2.01. The van der Waals surface area contributed by atoms with Gasteiger partial charge in [0.15, 0.2) is 4.80 Å². The summed E-state index contributed by atoms with van der Waals surface area (Å²) in [4.78, 5) is 27.2. The number of carbonyl (C=O) groups excluding carboxylic acids is 1. The lowest BCUT2D eigenvalue weighted by atomic mass is 10.1. The molecule has 0 fully saturated rings. The molecule has 0 saturated heterocycles. The number of nitrogens with zero attached hydrogens (tertiary/aromatic N) is 3. The summed E-state index contributed by atoms with van der Waals surface area (Å²) in [7, 11) is 1.90. The highest BCUT2D eigenvalue weighted by molar-refractivity contribution is 7.16. The van der Waals surface area contributed by atoms with Crippen molar-refractivity contribution in [2.45, 2.75) is 13.8 Å². The number of amides is 1. The van der Waals surface area contributed by atoms with E-state index in [2.05, 4.69) is 17.1 Å². The molecule has 0 saturated carbocycles. The molecule has 3 aromatic rings. The van der Waals surface area contributed by atoms with E-state index in [0.29, 0.717) is 10.4 Å². The molecule has 0 radical (unpaired) electrons. The van der Waals surface area contributed by atoms with Gasteiger partial charge in [-0.05, 0) is 48.7 Å². The van der Waals surface area contributed by atoms with Crippen molar-refractivity contribution in [2.75, 3.05) is 0 Å². The highest BCUT2D eigenvalue weighted by atomic mass is 32.1. The second kappa shape index (κ2) is 7.05. The van der Waals surface area contributed by atoms with Gasteiger partial charge in [0.05, 0.1) is 15.1 Å². The summed E-state index contributed by atoms with van der Waals surface area (Å²) in [6.45, 7) is 4.08. The van der Waals surface area contributed by atoms with Gasteiger partial charge in [0.2, 0.25) is 0 Å². The lowest BCUT2D eigenvalue weighted by Crippen LogP contribution is -2.12. The topological polar surface area (TPSA) is 77.5 Å². The summed E-state index contributed by atoms with van der Waals surface area (Å²) < 4.78 is 3.05. The van der Waals surface area contributed by atoms with Crippen LogP contribution in [-0.4, -0.2) is 15.4 Å². The minimum atomic E-state index is -0.459. The summed E-state index contributed by atoms with van der Waals surface area (Å²) in [6, 6.07) is 10.1. The second-order valence-corrected chi connectivity index (χ2v) is 6.93. The van der Waals surface area contributed by atoms with Crippen LogP contribution in [0.3, 0.4) is 0 Å². The van der Waals surface area contributed by atoms with Crippen LogP contribution in [0.4, 0.5) is 5.69 Å². The number of nitro groups is 1. The van der Waals surface area contributed by atoms with Crippen molar-refractivity contribution in [1.82, 2.24) is 4.57 Å². The summed E-state index contributed by atoms with van der Waals surface area (Å²) in [5, 5.41) is 10.7. The van der Waals surface area contributed by atoms with E-state index in [1.165, 1.54) is 29.5 Å². The monoisotopic (exact) mass is 367 g/mol. The Morgan fingerprint density at radius 2 is 1.81 bits per heavy atom. The van der Waals surface area contributed by atoms with Crippen LogP contribution in [0.1, 0.15) is 16.7 Å². The average Bonchev–Trinajstić information content (AvgIpc) is 2.94. The Morgan fingerprint density at radius 1 is 1.15 bits per heavy atom. The Morgan fingerprint density at radius 3 is 2.42 bits per heavy atom. The van der Waals surface area contributed by atoms with Gasteiger partial charge in [-0.15, -0.1) is 0 Å². The van der Waals surface area contributed by atoms with Crippen LogP contribution < -0.4 is 4.80 Å². The van der Waals surface area contributed by atoms with Gasteiger partial charge >= 0.3 is 0 Å². The van der Waals surface area contributed by atoms with E-state index in [9.17, 15) is 14.9 Å². The zero-order chi connectivity index (χ0) is 18.8. The van der Waals surface area contributed by atoms with Gasteiger partial charge in [-0.3, -0.25) is 14.9 Å². The molecule has 132 valence electrons. The van der Waals surface area contributed by atoms with E-state index >= 15 is 0 Å². The summed E-state index contributed by atoms with van der Waals surface area (Å²) in [5.74, 6) is -0.374. The molecule has 1 aromatic heterocycles. The standard InChI is InChI=1S/C19H17N3O3S/c1-12-4-5-13(2)18-17(12)21(3)19(26-18)20-16(23)11-8-14-6-9-15(10-7-14)22(24)25/h4-11H,1-3H3/b11-8-,20-19?. The van der Waals surface area contributed by atoms with E-state index < -0.39 is 4.92 Å². The molecule has 1 heterocycles. The molecule has 0 bridgehead atoms. The first-order chi connectivity index (χ1) is 12.4. The van der Waals surface area contributed by atoms with Crippen molar-refractivity contribution in [3.05, 3.63) is 74.1 Å². The Bertz CT molecular complexity index is 1110. The molecule has 0 spiro atoms. The van der Waals surface area contributed by atoms with Crippen molar-refractivity contribution in [3.8, 4) is 0 Å². The van der Waals surface area contributed by atoms with Crippen molar-refractivity contribution in [2.24, 2.45) is 12.0 Å². The number of aromatic nitrogens is 1. The maximum atomic E-state index is 12.2.